The molecule has 2 heterocycles. The zero-order valence-corrected chi connectivity index (χ0v) is 19.4. The number of hydrogen-bond acceptors (Lipinski definition) is 5. The lowest BCUT2D eigenvalue weighted by Gasteiger charge is -2.29. The zero-order chi connectivity index (χ0) is 21.7. The molecule has 0 radical (unpaired) electrons. The molecule has 0 aliphatic rings. The molecule has 0 atom stereocenters. The van der Waals surface area contributed by atoms with Gasteiger partial charge in [-0.1, -0.05) is 27.7 Å². The van der Waals surface area contributed by atoms with Crippen molar-refractivity contribution in [1.82, 2.24) is 18.8 Å². The number of imidazole rings is 1. The van der Waals surface area contributed by atoms with Gasteiger partial charge in [-0.3, -0.25) is 4.79 Å². The van der Waals surface area contributed by atoms with Crippen molar-refractivity contribution in [2.45, 2.75) is 39.1 Å². The fourth-order valence-corrected chi connectivity index (χ4v) is 4.35. The van der Waals surface area contributed by atoms with E-state index in [2.05, 4.69) is 43.1 Å². The van der Waals surface area contributed by atoms with Crippen LogP contribution < -0.4 is 0 Å². The minimum atomic E-state index is 0.156. The van der Waals surface area contributed by atoms with Crippen molar-refractivity contribution >= 4 is 28.8 Å². The molecule has 2 aromatic heterocycles. The third-order valence-corrected chi connectivity index (χ3v) is 5.71. The van der Waals surface area contributed by atoms with E-state index in [9.17, 15) is 4.79 Å². The second-order valence-corrected chi connectivity index (χ2v) is 9.72. The van der Waals surface area contributed by atoms with Gasteiger partial charge < -0.3 is 13.9 Å². The van der Waals surface area contributed by atoms with E-state index in [4.69, 9.17) is 4.42 Å². The molecule has 1 amide bonds. The highest BCUT2D eigenvalue weighted by molar-refractivity contribution is 7.97. The van der Waals surface area contributed by atoms with Gasteiger partial charge in [-0.05, 0) is 48.0 Å². The van der Waals surface area contributed by atoms with Crippen LogP contribution in [0.1, 0.15) is 33.5 Å². The second-order valence-electron chi connectivity index (χ2n) is 8.55. The molecule has 0 aliphatic carbocycles. The molecule has 162 valence electrons. The SMILES string of the molecule is CC(C)CN(CC(C)C)C(=O)CN(Cc1nccn1C)Sc1ccc2occc2c1. The molecule has 0 saturated carbocycles. The highest BCUT2D eigenvalue weighted by atomic mass is 32.2. The van der Waals surface area contributed by atoms with Crippen LogP contribution in [0.4, 0.5) is 0 Å². The Bertz CT molecular complexity index is 953. The van der Waals surface area contributed by atoms with E-state index in [1.54, 1.807) is 24.4 Å². The number of carbonyl (C=O) groups is 1. The maximum absolute atomic E-state index is 13.2. The fourth-order valence-electron chi connectivity index (χ4n) is 3.39. The Morgan fingerprint density at radius 1 is 1.17 bits per heavy atom. The fraction of sp³-hybridized carbons (Fsp3) is 0.478. The summed E-state index contributed by atoms with van der Waals surface area (Å²) in [7, 11) is 1.98. The Kier molecular flexibility index (Phi) is 7.61. The number of carbonyl (C=O) groups excluding carboxylic acids is 1. The summed E-state index contributed by atoms with van der Waals surface area (Å²) in [6, 6.07) is 8.06. The van der Waals surface area contributed by atoms with Gasteiger partial charge in [-0.15, -0.1) is 0 Å². The number of fused-ring (bicyclic) bond motifs is 1. The number of aromatic nitrogens is 2. The Hall–Kier alpha value is -2.25. The first kappa shape index (κ1) is 22.4. The lowest BCUT2D eigenvalue weighted by atomic mass is 10.1. The molecule has 6 nitrogen and oxygen atoms in total. The standard InChI is InChI=1S/C23H32N4O2S/c1-17(2)13-26(14-18(3)4)23(28)16-27(15-22-24-9-10-25(22)5)30-20-6-7-21-19(12-20)8-11-29-21/h6-12,17-18H,13-16H2,1-5H3. The summed E-state index contributed by atoms with van der Waals surface area (Å²) in [6.45, 7) is 11.1. The van der Waals surface area contributed by atoms with Crippen molar-refractivity contribution in [3.8, 4) is 0 Å². The van der Waals surface area contributed by atoms with Crippen LogP contribution in [0.2, 0.25) is 0 Å². The average molecular weight is 429 g/mol. The van der Waals surface area contributed by atoms with Crippen molar-refractivity contribution in [2.75, 3.05) is 19.6 Å². The summed E-state index contributed by atoms with van der Waals surface area (Å²) in [6.07, 6.45) is 5.42. The third-order valence-electron chi connectivity index (χ3n) is 4.73. The van der Waals surface area contributed by atoms with E-state index in [-0.39, 0.29) is 5.91 Å². The molecule has 0 fully saturated rings. The molecule has 30 heavy (non-hydrogen) atoms. The van der Waals surface area contributed by atoms with Crippen LogP contribution in [0, 0.1) is 11.8 Å². The summed E-state index contributed by atoms with van der Waals surface area (Å²) < 4.78 is 9.55. The summed E-state index contributed by atoms with van der Waals surface area (Å²) in [5, 5.41) is 1.06. The van der Waals surface area contributed by atoms with Crippen LogP contribution in [-0.4, -0.2) is 44.3 Å². The van der Waals surface area contributed by atoms with Crippen molar-refractivity contribution in [1.29, 1.82) is 0 Å². The van der Waals surface area contributed by atoms with Crippen LogP contribution in [0.3, 0.4) is 0 Å². The summed E-state index contributed by atoms with van der Waals surface area (Å²) in [4.78, 5) is 20.8. The molecule has 1 aromatic carbocycles. The molecule has 0 bridgehead atoms. The summed E-state index contributed by atoms with van der Waals surface area (Å²) in [5.74, 6) is 1.96. The van der Waals surface area contributed by atoms with Gasteiger partial charge in [0, 0.05) is 42.8 Å². The topological polar surface area (TPSA) is 54.5 Å². The van der Waals surface area contributed by atoms with E-state index in [1.807, 2.05) is 40.9 Å². The maximum atomic E-state index is 13.2. The highest BCUT2D eigenvalue weighted by Gasteiger charge is 2.21. The molecule has 3 rings (SSSR count). The zero-order valence-electron chi connectivity index (χ0n) is 18.5. The van der Waals surface area contributed by atoms with Gasteiger partial charge in [0.2, 0.25) is 5.91 Å². The molecule has 7 heteroatoms. The molecule has 0 N–H and O–H groups in total. The van der Waals surface area contributed by atoms with Crippen molar-refractivity contribution < 1.29 is 9.21 Å². The number of benzene rings is 1. The average Bonchev–Trinajstić information content (AvgIpc) is 3.29. The number of furan rings is 1. The van der Waals surface area contributed by atoms with E-state index >= 15 is 0 Å². The van der Waals surface area contributed by atoms with Crippen molar-refractivity contribution in [2.24, 2.45) is 18.9 Å². The molecular formula is C23H32N4O2S. The first-order valence-corrected chi connectivity index (χ1v) is 11.2. The van der Waals surface area contributed by atoms with Crippen molar-refractivity contribution in [3.63, 3.8) is 0 Å². The number of hydrogen-bond donors (Lipinski definition) is 0. The van der Waals surface area contributed by atoms with Crippen LogP contribution in [0.5, 0.6) is 0 Å². The predicted molar refractivity (Wildman–Crippen MR) is 122 cm³/mol. The summed E-state index contributed by atoms with van der Waals surface area (Å²) >= 11 is 1.59. The van der Waals surface area contributed by atoms with E-state index in [0.29, 0.717) is 24.9 Å². The van der Waals surface area contributed by atoms with Gasteiger partial charge in [0.05, 0.1) is 19.4 Å². The monoisotopic (exact) mass is 428 g/mol. The van der Waals surface area contributed by atoms with Crippen molar-refractivity contribution in [3.05, 3.63) is 48.7 Å². The van der Waals surface area contributed by atoms with Gasteiger partial charge in [0.15, 0.2) is 0 Å². The molecule has 0 aliphatic heterocycles. The molecule has 0 saturated heterocycles. The van der Waals surface area contributed by atoms with E-state index < -0.39 is 0 Å². The first-order chi connectivity index (χ1) is 14.3. The lowest BCUT2D eigenvalue weighted by Crippen LogP contribution is -2.42. The van der Waals surface area contributed by atoms with Gasteiger partial charge in [-0.25, -0.2) is 9.29 Å². The largest absolute Gasteiger partial charge is 0.464 e. The Morgan fingerprint density at radius 3 is 2.53 bits per heavy atom. The molecule has 0 unspecified atom stereocenters. The normalized spacial score (nSPS) is 11.9. The Morgan fingerprint density at radius 2 is 1.90 bits per heavy atom. The minimum absolute atomic E-state index is 0.156. The van der Waals surface area contributed by atoms with Gasteiger partial charge in [0.25, 0.3) is 0 Å². The van der Waals surface area contributed by atoms with Gasteiger partial charge in [0.1, 0.15) is 11.4 Å². The minimum Gasteiger partial charge on any atom is -0.464 e. The van der Waals surface area contributed by atoms with Crippen LogP contribution in [0.25, 0.3) is 11.0 Å². The van der Waals surface area contributed by atoms with Crippen LogP contribution >= 0.6 is 11.9 Å². The number of rotatable bonds is 10. The molecule has 0 spiro atoms. The van der Waals surface area contributed by atoms with Gasteiger partial charge >= 0.3 is 0 Å². The van der Waals surface area contributed by atoms with E-state index in [1.165, 1.54) is 0 Å². The highest BCUT2D eigenvalue weighted by Crippen LogP contribution is 2.28. The number of aryl methyl sites for hydroxylation is 1. The lowest BCUT2D eigenvalue weighted by molar-refractivity contribution is -0.132. The first-order valence-electron chi connectivity index (χ1n) is 10.5. The maximum Gasteiger partial charge on any atom is 0.237 e. The predicted octanol–water partition coefficient (Wildman–Crippen LogP) is 4.82. The van der Waals surface area contributed by atoms with E-state index in [0.717, 1.165) is 34.8 Å². The van der Waals surface area contributed by atoms with Gasteiger partial charge in [-0.2, -0.15) is 0 Å². The Balaban J connectivity index is 1.78. The third kappa shape index (κ3) is 6.12. The van der Waals surface area contributed by atoms with Crippen LogP contribution in [-0.2, 0) is 18.4 Å². The molecular weight excluding hydrogens is 396 g/mol. The Labute approximate surface area is 183 Å². The smallest absolute Gasteiger partial charge is 0.237 e. The van der Waals surface area contributed by atoms with Crippen LogP contribution in [0.15, 0.2) is 52.2 Å². The number of amides is 1. The summed E-state index contributed by atoms with van der Waals surface area (Å²) in [5.41, 5.74) is 0.867. The second kappa shape index (κ2) is 10.2. The number of nitrogens with zero attached hydrogens (tertiary/aromatic N) is 4. The molecule has 3 aromatic rings. The quantitative estimate of drug-likeness (QED) is 0.434.